The summed E-state index contributed by atoms with van der Waals surface area (Å²) >= 11 is 0. The van der Waals surface area contributed by atoms with Crippen LogP contribution in [0.1, 0.15) is 40.3 Å². The highest BCUT2D eigenvalue weighted by Crippen LogP contribution is 2.37. The number of allylic oxidation sites excluding steroid dienone is 2. The van der Waals surface area contributed by atoms with E-state index in [1.807, 2.05) is 18.2 Å². The molecule has 0 radical (unpaired) electrons. The van der Waals surface area contributed by atoms with Gasteiger partial charge in [0, 0.05) is 29.1 Å². The van der Waals surface area contributed by atoms with E-state index >= 15 is 0 Å². The minimum atomic E-state index is -0.230. The maximum Gasteiger partial charge on any atom is 0.127 e. The fourth-order valence-electron chi connectivity index (χ4n) is 4.18. The maximum absolute atomic E-state index is 11.9. The standard InChI is InChI=1S/C24H24N2O2/c1-16-24(20(15-27)6-3-11-25)22-12-18-4-2-5-19(18)13-23(22)26(16)14-17-7-9-21(28)10-8-17/h2-4,7-13,15,20,28H,5-6,14,25H2,1H3/b11-3-. The van der Waals surface area contributed by atoms with Crippen molar-refractivity contribution in [1.29, 1.82) is 0 Å². The smallest absolute Gasteiger partial charge is 0.127 e. The predicted octanol–water partition coefficient (Wildman–Crippen LogP) is 4.42. The molecule has 142 valence electrons. The lowest BCUT2D eigenvalue weighted by atomic mass is 9.93. The first-order valence-electron chi connectivity index (χ1n) is 9.54. The number of nitrogens with two attached hydrogens (primary N) is 1. The number of benzene rings is 2. The molecule has 4 rings (SSSR count). The molecule has 1 aromatic heterocycles. The highest BCUT2D eigenvalue weighted by Gasteiger charge is 2.23. The summed E-state index contributed by atoms with van der Waals surface area (Å²) in [5, 5.41) is 10.7. The first-order chi connectivity index (χ1) is 13.6. The van der Waals surface area contributed by atoms with Gasteiger partial charge in [0.25, 0.3) is 0 Å². The van der Waals surface area contributed by atoms with Crippen molar-refractivity contribution in [1.82, 2.24) is 4.57 Å². The van der Waals surface area contributed by atoms with E-state index in [2.05, 4.69) is 35.8 Å². The van der Waals surface area contributed by atoms with E-state index in [0.717, 1.165) is 40.4 Å². The van der Waals surface area contributed by atoms with Gasteiger partial charge in [-0.05, 0) is 72.5 Å². The van der Waals surface area contributed by atoms with Gasteiger partial charge in [-0.1, -0.05) is 30.4 Å². The molecule has 3 aromatic rings. The third-order valence-corrected chi connectivity index (χ3v) is 5.61. The minimum Gasteiger partial charge on any atom is -0.508 e. The van der Waals surface area contributed by atoms with Crippen molar-refractivity contribution < 1.29 is 9.90 Å². The van der Waals surface area contributed by atoms with Gasteiger partial charge in [0.2, 0.25) is 0 Å². The van der Waals surface area contributed by atoms with Crippen LogP contribution in [0.2, 0.25) is 0 Å². The molecule has 0 spiro atoms. The average Bonchev–Trinajstić information content (AvgIpc) is 3.26. The quantitative estimate of drug-likeness (QED) is 0.630. The summed E-state index contributed by atoms with van der Waals surface area (Å²) in [7, 11) is 0. The summed E-state index contributed by atoms with van der Waals surface area (Å²) in [6, 6.07) is 11.8. The fourth-order valence-corrected chi connectivity index (χ4v) is 4.18. The lowest BCUT2D eigenvalue weighted by Crippen LogP contribution is -2.05. The maximum atomic E-state index is 11.9. The largest absolute Gasteiger partial charge is 0.508 e. The molecule has 4 nitrogen and oxygen atoms in total. The van der Waals surface area contributed by atoms with Crippen molar-refractivity contribution in [2.24, 2.45) is 5.73 Å². The Labute approximate surface area is 164 Å². The number of aromatic nitrogens is 1. The second kappa shape index (κ2) is 7.39. The summed E-state index contributed by atoms with van der Waals surface area (Å²) in [6.07, 6.45) is 10.2. The molecular weight excluding hydrogens is 348 g/mol. The normalized spacial score (nSPS) is 14.0. The topological polar surface area (TPSA) is 68.2 Å². The number of carbonyl (C=O) groups excluding carboxylic acids is 1. The zero-order chi connectivity index (χ0) is 19.7. The number of aldehydes is 1. The van der Waals surface area contributed by atoms with Crippen molar-refractivity contribution in [2.45, 2.75) is 32.2 Å². The summed E-state index contributed by atoms with van der Waals surface area (Å²) in [5.41, 5.74) is 12.5. The third-order valence-electron chi connectivity index (χ3n) is 5.61. The van der Waals surface area contributed by atoms with Crippen molar-refractivity contribution in [3.05, 3.63) is 82.7 Å². The molecule has 0 fully saturated rings. The van der Waals surface area contributed by atoms with E-state index in [0.29, 0.717) is 13.0 Å². The van der Waals surface area contributed by atoms with Crippen molar-refractivity contribution in [3.63, 3.8) is 0 Å². The number of rotatable bonds is 6. The zero-order valence-electron chi connectivity index (χ0n) is 15.9. The average molecular weight is 372 g/mol. The number of aromatic hydroxyl groups is 1. The van der Waals surface area contributed by atoms with Crippen LogP contribution in [0.4, 0.5) is 0 Å². The summed E-state index contributed by atoms with van der Waals surface area (Å²) in [4.78, 5) is 11.9. The molecular formula is C24H24N2O2. The number of carbonyl (C=O) groups is 1. The van der Waals surface area contributed by atoms with Gasteiger partial charge >= 0.3 is 0 Å². The molecule has 0 amide bonds. The van der Waals surface area contributed by atoms with Crippen LogP contribution in [0, 0.1) is 6.92 Å². The highest BCUT2D eigenvalue weighted by atomic mass is 16.3. The van der Waals surface area contributed by atoms with Gasteiger partial charge in [0.1, 0.15) is 12.0 Å². The number of fused-ring (bicyclic) bond motifs is 2. The number of hydrogen-bond donors (Lipinski definition) is 2. The number of phenols is 1. The van der Waals surface area contributed by atoms with Gasteiger partial charge in [0.15, 0.2) is 0 Å². The van der Waals surface area contributed by atoms with Gasteiger partial charge in [-0.2, -0.15) is 0 Å². The molecule has 0 saturated heterocycles. The molecule has 0 saturated carbocycles. The van der Waals surface area contributed by atoms with Crippen LogP contribution < -0.4 is 5.73 Å². The Morgan fingerprint density at radius 3 is 2.75 bits per heavy atom. The van der Waals surface area contributed by atoms with E-state index in [4.69, 9.17) is 5.73 Å². The Hall–Kier alpha value is -3.27. The second-order valence-corrected chi connectivity index (χ2v) is 7.33. The Morgan fingerprint density at radius 1 is 1.25 bits per heavy atom. The molecule has 2 aromatic carbocycles. The highest BCUT2D eigenvalue weighted by molar-refractivity contribution is 5.92. The molecule has 1 unspecified atom stereocenters. The van der Waals surface area contributed by atoms with Crippen molar-refractivity contribution in [3.8, 4) is 5.75 Å². The van der Waals surface area contributed by atoms with Crippen LogP contribution in [-0.2, 0) is 17.8 Å². The molecule has 0 aliphatic heterocycles. The lowest BCUT2D eigenvalue weighted by molar-refractivity contribution is -0.109. The molecule has 28 heavy (non-hydrogen) atoms. The monoisotopic (exact) mass is 372 g/mol. The van der Waals surface area contributed by atoms with E-state index in [1.165, 1.54) is 17.3 Å². The van der Waals surface area contributed by atoms with Gasteiger partial charge in [0.05, 0.1) is 0 Å². The van der Waals surface area contributed by atoms with E-state index < -0.39 is 0 Å². The van der Waals surface area contributed by atoms with E-state index in [1.54, 1.807) is 12.1 Å². The second-order valence-electron chi connectivity index (χ2n) is 7.33. The zero-order valence-corrected chi connectivity index (χ0v) is 15.9. The van der Waals surface area contributed by atoms with Crippen LogP contribution in [-0.4, -0.2) is 16.0 Å². The van der Waals surface area contributed by atoms with Gasteiger partial charge in [-0.15, -0.1) is 0 Å². The van der Waals surface area contributed by atoms with Crippen LogP contribution >= 0.6 is 0 Å². The summed E-state index contributed by atoms with van der Waals surface area (Å²) in [6.45, 7) is 2.77. The molecule has 1 atom stereocenters. The summed E-state index contributed by atoms with van der Waals surface area (Å²) < 4.78 is 2.28. The minimum absolute atomic E-state index is 0.230. The number of nitrogens with zero attached hydrogens (tertiary/aromatic N) is 1. The summed E-state index contributed by atoms with van der Waals surface area (Å²) in [5.74, 6) is 0.0313. The lowest BCUT2D eigenvalue weighted by Gasteiger charge is -2.11. The molecule has 4 heteroatoms. The van der Waals surface area contributed by atoms with Crippen LogP contribution in [0.3, 0.4) is 0 Å². The van der Waals surface area contributed by atoms with Crippen LogP contribution in [0.5, 0.6) is 5.75 Å². The van der Waals surface area contributed by atoms with Gasteiger partial charge < -0.3 is 20.2 Å². The number of hydrogen-bond acceptors (Lipinski definition) is 3. The van der Waals surface area contributed by atoms with E-state index in [9.17, 15) is 9.90 Å². The van der Waals surface area contributed by atoms with Gasteiger partial charge in [-0.25, -0.2) is 0 Å². The third kappa shape index (κ3) is 3.11. The molecule has 0 bridgehead atoms. The molecule has 1 heterocycles. The molecule has 1 aliphatic carbocycles. The van der Waals surface area contributed by atoms with Gasteiger partial charge in [-0.3, -0.25) is 0 Å². The predicted molar refractivity (Wildman–Crippen MR) is 113 cm³/mol. The Kier molecular flexibility index (Phi) is 4.78. The Bertz CT molecular complexity index is 1090. The van der Waals surface area contributed by atoms with Crippen LogP contribution in [0.15, 0.2) is 54.8 Å². The van der Waals surface area contributed by atoms with Crippen molar-refractivity contribution >= 4 is 23.3 Å². The Balaban J connectivity index is 1.90. The first kappa shape index (κ1) is 18.1. The SMILES string of the molecule is Cc1c(C(C=O)C/C=C\N)c2cc3c(cc2n1Cc1ccc(O)cc1)CC=C3. The van der Waals surface area contributed by atoms with E-state index in [-0.39, 0.29) is 11.7 Å². The Morgan fingerprint density at radius 2 is 2.04 bits per heavy atom. The number of phenolic OH excluding ortho intramolecular Hbond substituents is 1. The van der Waals surface area contributed by atoms with Crippen LogP contribution in [0.25, 0.3) is 17.0 Å². The molecule has 1 aliphatic rings. The first-order valence-corrected chi connectivity index (χ1v) is 9.54. The van der Waals surface area contributed by atoms with Crippen molar-refractivity contribution in [2.75, 3.05) is 0 Å². The fraction of sp³-hybridized carbons (Fsp3) is 0.208. The molecule has 3 N–H and O–H groups in total.